The van der Waals surface area contributed by atoms with Crippen molar-refractivity contribution < 1.29 is 9.59 Å². The summed E-state index contributed by atoms with van der Waals surface area (Å²) in [5.74, 6) is -0.544. The number of amides is 1. The van der Waals surface area contributed by atoms with Crippen LogP contribution in [0.1, 0.15) is 34.6 Å². The van der Waals surface area contributed by atoms with Gasteiger partial charge in [0.2, 0.25) is 5.91 Å². The molecule has 3 aromatic rings. The molecule has 7 heteroatoms. The summed E-state index contributed by atoms with van der Waals surface area (Å²) in [6, 6.07) is 13.0. The highest BCUT2D eigenvalue weighted by atomic mass is 35.5. The first-order valence-electron chi connectivity index (χ1n) is 8.28. The van der Waals surface area contributed by atoms with Crippen molar-refractivity contribution in [3.63, 3.8) is 0 Å². The smallest absolute Gasteiger partial charge is 0.248 e. The van der Waals surface area contributed by atoms with Gasteiger partial charge >= 0.3 is 0 Å². The Balaban J connectivity index is 1.88. The summed E-state index contributed by atoms with van der Waals surface area (Å²) in [6.45, 7) is 3.46. The van der Waals surface area contributed by atoms with E-state index in [1.54, 1.807) is 62.5 Å². The maximum absolute atomic E-state index is 12.8. The molecule has 0 fully saturated rings. The largest absolute Gasteiger partial charge is 0.324 e. The highest BCUT2D eigenvalue weighted by Gasteiger charge is 2.21. The molecular weight excluding hydrogens is 385 g/mol. The minimum absolute atomic E-state index is 0.223. The molecule has 3 rings (SSSR count). The normalized spacial score (nSPS) is 11.9. The number of carbonyl (C=O) groups is 2. The summed E-state index contributed by atoms with van der Waals surface area (Å²) in [4.78, 5) is 25.5. The molecule has 1 N–H and O–H groups in total. The number of aromatic nitrogens is 2. The third kappa shape index (κ3) is 4.21. The zero-order valence-corrected chi connectivity index (χ0v) is 16.3. The van der Waals surface area contributed by atoms with Crippen LogP contribution in [0.5, 0.6) is 0 Å². The number of carbonyl (C=O) groups excluding carboxylic acids is 2. The summed E-state index contributed by atoms with van der Waals surface area (Å²) in [6.07, 6.45) is 1.60. The Morgan fingerprint density at radius 2 is 1.81 bits per heavy atom. The van der Waals surface area contributed by atoms with Gasteiger partial charge in [-0.1, -0.05) is 53.5 Å². The number of nitrogens with one attached hydrogen (secondary N) is 1. The van der Waals surface area contributed by atoms with Crippen LogP contribution in [0, 0.1) is 6.92 Å². The molecule has 0 aliphatic carbocycles. The van der Waals surface area contributed by atoms with Crippen LogP contribution in [0.4, 0.5) is 5.69 Å². The minimum atomic E-state index is -0.605. The molecule has 1 unspecified atom stereocenters. The van der Waals surface area contributed by atoms with Gasteiger partial charge in [0.1, 0.15) is 6.04 Å². The molecule has 0 spiro atoms. The predicted molar refractivity (Wildman–Crippen MR) is 107 cm³/mol. The number of nitrogens with zero attached hydrogens (tertiary/aromatic N) is 2. The topological polar surface area (TPSA) is 64.0 Å². The van der Waals surface area contributed by atoms with Gasteiger partial charge in [0.15, 0.2) is 5.78 Å². The lowest BCUT2D eigenvalue weighted by Gasteiger charge is -2.15. The van der Waals surface area contributed by atoms with E-state index in [1.165, 1.54) is 4.68 Å². The molecule has 0 aliphatic heterocycles. The molecular formula is C20H17Cl2N3O2. The molecule has 27 heavy (non-hydrogen) atoms. The van der Waals surface area contributed by atoms with E-state index < -0.39 is 6.04 Å². The Bertz CT molecular complexity index is 980. The first-order valence-corrected chi connectivity index (χ1v) is 9.04. The van der Waals surface area contributed by atoms with Crippen LogP contribution in [-0.2, 0) is 4.79 Å². The molecule has 1 amide bonds. The molecule has 5 nitrogen and oxygen atoms in total. The number of rotatable bonds is 5. The monoisotopic (exact) mass is 401 g/mol. The zero-order chi connectivity index (χ0) is 19.6. The van der Waals surface area contributed by atoms with Crippen LogP contribution in [0.3, 0.4) is 0 Å². The average molecular weight is 402 g/mol. The Kier molecular flexibility index (Phi) is 5.63. The van der Waals surface area contributed by atoms with Gasteiger partial charge in [-0.2, -0.15) is 5.10 Å². The van der Waals surface area contributed by atoms with Crippen molar-refractivity contribution in [2.45, 2.75) is 19.9 Å². The quantitative estimate of drug-likeness (QED) is 0.616. The maximum Gasteiger partial charge on any atom is 0.248 e. The lowest BCUT2D eigenvalue weighted by atomic mass is 10.0. The predicted octanol–water partition coefficient (Wildman–Crippen LogP) is 4.93. The van der Waals surface area contributed by atoms with Crippen molar-refractivity contribution in [3.05, 3.63) is 81.6 Å². The second-order valence-electron chi connectivity index (χ2n) is 6.09. The second-order valence-corrected chi connectivity index (χ2v) is 6.94. The standard InChI is InChI=1S/C20H17Cl2N3O2/c1-12-17(22)11-25(24-12)13(2)20(27)23-18-9-8-15(21)10-16(18)19(26)14-6-4-3-5-7-14/h3-11,13H,1-2H3,(H,23,27). The molecule has 0 saturated carbocycles. The number of hydrogen-bond acceptors (Lipinski definition) is 3. The second kappa shape index (κ2) is 7.94. The van der Waals surface area contributed by atoms with Gasteiger partial charge in [-0.05, 0) is 32.0 Å². The van der Waals surface area contributed by atoms with E-state index in [0.29, 0.717) is 32.6 Å². The van der Waals surface area contributed by atoms with E-state index in [9.17, 15) is 9.59 Å². The summed E-state index contributed by atoms with van der Waals surface area (Å²) >= 11 is 12.1. The summed E-state index contributed by atoms with van der Waals surface area (Å²) in [5.41, 5.74) is 1.87. The highest BCUT2D eigenvalue weighted by Crippen LogP contribution is 2.25. The Hall–Kier alpha value is -2.63. The molecule has 2 aromatic carbocycles. The van der Waals surface area contributed by atoms with Gasteiger partial charge in [0.25, 0.3) is 0 Å². The first-order chi connectivity index (χ1) is 12.9. The van der Waals surface area contributed by atoms with Crippen molar-refractivity contribution in [2.75, 3.05) is 5.32 Å². The van der Waals surface area contributed by atoms with E-state index in [0.717, 1.165) is 0 Å². The lowest BCUT2D eigenvalue weighted by Crippen LogP contribution is -2.25. The third-order valence-electron chi connectivity index (χ3n) is 4.15. The average Bonchev–Trinajstić information content (AvgIpc) is 3.01. The third-order valence-corrected chi connectivity index (χ3v) is 4.76. The van der Waals surface area contributed by atoms with Crippen LogP contribution in [0.2, 0.25) is 10.0 Å². The molecule has 0 saturated heterocycles. The fourth-order valence-corrected chi connectivity index (χ4v) is 2.88. The maximum atomic E-state index is 12.8. The van der Waals surface area contributed by atoms with E-state index >= 15 is 0 Å². The molecule has 138 valence electrons. The van der Waals surface area contributed by atoms with E-state index in [1.807, 2.05) is 6.07 Å². The van der Waals surface area contributed by atoms with Crippen LogP contribution in [-0.4, -0.2) is 21.5 Å². The number of halogens is 2. The minimum Gasteiger partial charge on any atom is -0.324 e. The van der Waals surface area contributed by atoms with Gasteiger partial charge in [0, 0.05) is 22.3 Å². The molecule has 1 heterocycles. The van der Waals surface area contributed by atoms with Crippen LogP contribution in [0.25, 0.3) is 0 Å². The van der Waals surface area contributed by atoms with Crippen molar-refractivity contribution in [3.8, 4) is 0 Å². The molecule has 1 aromatic heterocycles. The first kappa shape index (κ1) is 19.1. The summed E-state index contributed by atoms with van der Waals surface area (Å²) in [5, 5.41) is 7.92. The van der Waals surface area contributed by atoms with Crippen LogP contribution >= 0.6 is 23.2 Å². The number of benzene rings is 2. The van der Waals surface area contributed by atoms with Gasteiger partial charge in [-0.15, -0.1) is 0 Å². The van der Waals surface area contributed by atoms with Gasteiger partial charge < -0.3 is 5.32 Å². The van der Waals surface area contributed by atoms with Crippen molar-refractivity contribution >= 4 is 40.6 Å². The van der Waals surface area contributed by atoms with E-state index in [-0.39, 0.29) is 11.7 Å². The Labute approximate surface area is 166 Å². The van der Waals surface area contributed by atoms with Crippen LogP contribution in [0.15, 0.2) is 54.7 Å². The van der Waals surface area contributed by atoms with Gasteiger partial charge in [-0.25, -0.2) is 0 Å². The number of hydrogen-bond donors (Lipinski definition) is 1. The lowest BCUT2D eigenvalue weighted by molar-refractivity contribution is -0.119. The van der Waals surface area contributed by atoms with E-state index in [4.69, 9.17) is 23.2 Å². The molecule has 0 bridgehead atoms. The van der Waals surface area contributed by atoms with Crippen molar-refractivity contribution in [1.82, 2.24) is 9.78 Å². The SMILES string of the molecule is Cc1nn(C(C)C(=O)Nc2ccc(Cl)cc2C(=O)c2ccccc2)cc1Cl. The number of aryl methyl sites for hydroxylation is 1. The van der Waals surface area contributed by atoms with E-state index in [2.05, 4.69) is 10.4 Å². The number of ketones is 1. The van der Waals surface area contributed by atoms with Crippen LogP contribution < -0.4 is 5.32 Å². The summed E-state index contributed by atoms with van der Waals surface area (Å²) in [7, 11) is 0. The Morgan fingerprint density at radius 3 is 2.44 bits per heavy atom. The fraction of sp³-hybridized carbons (Fsp3) is 0.150. The summed E-state index contributed by atoms with van der Waals surface area (Å²) < 4.78 is 1.49. The van der Waals surface area contributed by atoms with Crippen molar-refractivity contribution in [1.29, 1.82) is 0 Å². The molecule has 0 radical (unpaired) electrons. The molecule has 0 aliphatic rings. The number of anilines is 1. The zero-order valence-electron chi connectivity index (χ0n) is 14.7. The van der Waals surface area contributed by atoms with Gasteiger partial charge in [-0.3, -0.25) is 14.3 Å². The van der Waals surface area contributed by atoms with Crippen molar-refractivity contribution in [2.24, 2.45) is 0 Å². The Morgan fingerprint density at radius 1 is 1.11 bits per heavy atom. The fourth-order valence-electron chi connectivity index (χ4n) is 2.57. The molecule has 1 atom stereocenters. The van der Waals surface area contributed by atoms with Gasteiger partial charge in [0.05, 0.1) is 16.4 Å². The highest BCUT2D eigenvalue weighted by molar-refractivity contribution is 6.31.